The van der Waals surface area contributed by atoms with Gasteiger partial charge in [-0.15, -0.1) is 0 Å². The number of carbonyl (C=O) groups is 1. The van der Waals surface area contributed by atoms with Gasteiger partial charge in [0.25, 0.3) is 5.91 Å². The van der Waals surface area contributed by atoms with E-state index >= 15 is 0 Å². The molecular formula is C17H15ClN2O5S. The minimum absolute atomic E-state index is 0.120. The van der Waals surface area contributed by atoms with Gasteiger partial charge in [0.1, 0.15) is 0 Å². The summed E-state index contributed by atoms with van der Waals surface area (Å²) in [5.74, 6) is 0.822. The molecule has 1 saturated heterocycles. The number of sulfonamides is 1. The Labute approximate surface area is 155 Å². The lowest BCUT2D eigenvalue weighted by Gasteiger charge is -2.18. The molecule has 7 nitrogen and oxygen atoms in total. The van der Waals surface area contributed by atoms with Gasteiger partial charge >= 0.3 is 0 Å². The van der Waals surface area contributed by atoms with Gasteiger partial charge in [-0.1, -0.05) is 11.6 Å². The highest BCUT2D eigenvalue weighted by molar-refractivity contribution is 7.93. The van der Waals surface area contributed by atoms with Gasteiger partial charge in [0, 0.05) is 12.1 Å². The van der Waals surface area contributed by atoms with E-state index in [-0.39, 0.29) is 18.5 Å². The maximum Gasteiger partial charge on any atom is 0.255 e. The van der Waals surface area contributed by atoms with Gasteiger partial charge in [-0.3, -0.25) is 9.10 Å². The zero-order valence-electron chi connectivity index (χ0n) is 13.6. The number of fused-ring (bicyclic) bond motifs is 1. The van der Waals surface area contributed by atoms with Crippen molar-refractivity contribution in [3.63, 3.8) is 0 Å². The van der Waals surface area contributed by atoms with E-state index in [1.807, 2.05) is 0 Å². The number of ether oxygens (including phenoxy) is 2. The van der Waals surface area contributed by atoms with Crippen LogP contribution in [-0.4, -0.2) is 33.4 Å². The lowest BCUT2D eigenvalue weighted by molar-refractivity contribution is 0.102. The number of carbonyl (C=O) groups excluding carboxylic acids is 1. The van der Waals surface area contributed by atoms with Crippen molar-refractivity contribution in [2.24, 2.45) is 0 Å². The van der Waals surface area contributed by atoms with Crippen molar-refractivity contribution in [3.05, 3.63) is 47.0 Å². The van der Waals surface area contributed by atoms with Crippen LogP contribution in [0.4, 0.5) is 11.4 Å². The lowest BCUT2D eigenvalue weighted by Crippen LogP contribution is -2.25. The van der Waals surface area contributed by atoms with Gasteiger partial charge in [0.15, 0.2) is 11.5 Å². The number of nitrogens with zero attached hydrogens (tertiary/aromatic N) is 1. The number of benzene rings is 2. The molecule has 4 rings (SSSR count). The fourth-order valence-electron chi connectivity index (χ4n) is 2.93. The van der Waals surface area contributed by atoms with Crippen molar-refractivity contribution in [3.8, 4) is 11.5 Å². The predicted octanol–water partition coefficient (Wildman–Crippen LogP) is 2.86. The van der Waals surface area contributed by atoms with E-state index in [0.29, 0.717) is 46.4 Å². The Morgan fingerprint density at radius 1 is 1.12 bits per heavy atom. The lowest BCUT2D eigenvalue weighted by atomic mass is 10.2. The van der Waals surface area contributed by atoms with Crippen LogP contribution in [0.2, 0.25) is 5.02 Å². The largest absolute Gasteiger partial charge is 0.454 e. The number of amides is 1. The molecule has 2 aromatic rings. The van der Waals surface area contributed by atoms with Gasteiger partial charge in [-0.05, 0) is 42.8 Å². The fraction of sp³-hybridized carbons (Fsp3) is 0.235. The zero-order chi connectivity index (χ0) is 18.3. The van der Waals surface area contributed by atoms with Crippen molar-refractivity contribution in [2.75, 3.05) is 28.7 Å². The van der Waals surface area contributed by atoms with E-state index in [0.717, 1.165) is 0 Å². The molecular weight excluding hydrogens is 380 g/mol. The standard InChI is InChI=1S/C17H15ClN2O5S/c18-13-4-3-12(20-6-1-7-26(20,22)23)9-14(13)19-17(21)11-2-5-15-16(8-11)25-10-24-15/h2-5,8-9H,1,6-7,10H2,(H,19,21). The monoisotopic (exact) mass is 394 g/mol. The van der Waals surface area contributed by atoms with Crippen molar-refractivity contribution in [1.82, 2.24) is 0 Å². The van der Waals surface area contributed by atoms with Crippen LogP contribution in [0.25, 0.3) is 0 Å². The Morgan fingerprint density at radius 3 is 2.69 bits per heavy atom. The minimum atomic E-state index is -3.31. The van der Waals surface area contributed by atoms with Gasteiger partial charge in [-0.25, -0.2) is 8.42 Å². The Balaban J connectivity index is 1.60. The zero-order valence-corrected chi connectivity index (χ0v) is 15.1. The summed E-state index contributed by atoms with van der Waals surface area (Å²) in [5, 5.41) is 3.04. The third-order valence-electron chi connectivity index (χ3n) is 4.22. The van der Waals surface area contributed by atoms with Crippen LogP contribution in [-0.2, 0) is 10.0 Å². The fourth-order valence-corrected chi connectivity index (χ4v) is 4.65. The first-order valence-electron chi connectivity index (χ1n) is 7.95. The molecule has 0 atom stereocenters. The van der Waals surface area contributed by atoms with Gasteiger partial charge < -0.3 is 14.8 Å². The predicted molar refractivity (Wildman–Crippen MR) is 97.7 cm³/mol. The topological polar surface area (TPSA) is 84.9 Å². The molecule has 2 heterocycles. The molecule has 2 aliphatic heterocycles. The number of hydrogen-bond acceptors (Lipinski definition) is 5. The van der Waals surface area contributed by atoms with Crippen molar-refractivity contribution >= 4 is 38.9 Å². The van der Waals surface area contributed by atoms with E-state index in [4.69, 9.17) is 21.1 Å². The summed E-state index contributed by atoms with van der Waals surface area (Å²) < 4.78 is 36.0. The third kappa shape index (κ3) is 3.06. The van der Waals surface area contributed by atoms with Crippen LogP contribution >= 0.6 is 11.6 Å². The molecule has 0 bridgehead atoms. The first-order valence-corrected chi connectivity index (χ1v) is 9.94. The van der Waals surface area contributed by atoms with Gasteiger partial charge in [0.2, 0.25) is 16.8 Å². The summed E-state index contributed by atoms with van der Waals surface area (Å²) in [6.07, 6.45) is 0.573. The van der Waals surface area contributed by atoms with Gasteiger partial charge in [-0.2, -0.15) is 0 Å². The van der Waals surface area contributed by atoms with E-state index < -0.39 is 10.0 Å². The second kappa shape index (κ2) is 6.37. The smallest absolute Gasteiger partial charge is 0.255 e. The SMILES string of the molecule is O=C(Nc1cc(N2CCCS2(=O)=O)ccc1Cl)c1ccc2c(c1)OCO2. The second-order valence-electron chi connectivity index (χ2n) is 5.93. The summed E-state index contributed by atoms with van der Waals surface area (Å²) in [6, 6.07) is 9.62. The van der Waals surface area contributed by atoms with Gasteiger partial charge in [0.05, 0.1) is 22.2 Å². The van der Waals surface area contributed by atoms with Crippen LogP contribution < -0.4 is 19.1 Å². The number of halogens is 1. The van der Waals surface area contributed by atoms with E-state index in [2.05, 4.69) is 5.32 Å². The maximum atomic E-state index is 12.5. The van der Waals surface area contributed by atoms with E-state index in [9.17, 15) is 13.2 Å². The van der Waals surface area contributed by atoms with Crippen molar-refractivity contribution < 1.29 is 22.7 Å². The normalized spacial score (nSPS) is 17.3. The summed E-state index contributed by atoms with van der Waals surface area (Å²) in [5.41, 5.74) is 1.20. The van der Waals surface area contributed by atoms with Crippen molar-refractivity contribution in [1.29, 1.82) is 0 Å². The van der Waals surface area contributed by atoms with E-state index in [1.54, 1.807) is 36.4 Å². The molecule has 136 valence electrons. The summed E-state index contributed by atoms with van der Waals surface area (Å²) in [7, 11) is -3.31. The highest BCUT2D eigenvalue weighted by atomic mass is 35.5. The molecule has 0 saturated carbocycles. The average molecular weight is 395 g/mol. The quantitative estimate of drug-likeness (QED) is 0.865. The minimum Gasteiger partial charge on any atom is -0.454 e. The first kappa shape index (κ1) is 17.0. The summed E-state index contributed by atoms with van der Waals surface area (Å²) >= 11 is 6.17. The molecule has 9 heteroatoms. The van der Waals surface area contributed by atoms with Crippen LogP contribution in [0, 0.1) is 0 Å². The molecule has 0 radical (unpaired) electrons. The third-order valence-corrected chi connectivity index (χ3v) is 6.42. The maximum absolute atomic E-state index is 12.5. The van der Waals surface area contributed by atoms with E-state index in [1.165, 1.54) is 4.31 Å². The molecule has 1 fully saturated rings. The van der Waals surface area contributed by atoms with Crippen LogP contribution in [0.5, 0.6) is 11.5 Å². The Bertz CT molecular complexity index is 993. The highest BCUT2D eigenvalue weighted by Crippen LogP contribution is 2.34. The number of hydrogen-bond donors (Lipinski definition) is 1. The molecule has 0 aromatic heterocycles. The Hall–Kier alpha value is -2.45. The molecule has 0 spiro atoms. The molecule has 26 heavy (non-hydrogen) atoms. The summed E-state index contributed by atoms with van der Waals surface area (Å²) in [4.78, 5) is 12.5. The highest BCUT2D eigenvalue weighted by Gasteiger charge is 2.29. The number of rotatable bonds is 3. The van der Waals surface area contributed by atoms with Crippen molar-refractivity contribution in [2.45, 2.75) is 6.42 Å². The Morgan fingerprint density at radius 2 is 1.92 bits per heavy atom. The second-order valence-corrected chi connectivity index (χ2v) is 8.35. The number of anilines is 2. The molecule has 0 unspecified atom stereocenters. The molecule has 1 N–H and O–H groups in total. The van der Waals surface area contributed by atoms with Crippen LogP contribution in [0.1, 0.15) is 16.8 Å². The summed E-state index contributed by atoms with van der Waals surface area (Å²) in [6.45, 7) is 0.540. The molecule has 2 aliphatic rings. The molecule has 0 aliphatic carbocycles. The number of nitrogens with one attached hydrogen (secondary N) is 1. The Kier molecular flexibility index (Phi) is 4.16. The molecule has 2 aromatic carbocycles. The van der Waals surface area contributed by atoms with Crippen LogP contribution in [0.15, 0.2) is 36.4 Å². The van der Waals surface area contributed by atoms with Crippen LogP contribution in [0.3, 0.4) is 0 Å². The average Bonchev–Trinajstić information content (AvgIpc) is 3.21. The first-order chi connectivity index (χ1) is 12.4. The molecule has 1 amide bonds.